The predicted molar refractivity (Wildman–Crippen MR) is 75.8 cm³/mol. The summed E-state index contributed by atoms with van der Waals surface area (Å²) in [6.07, 6.45) is 5.16. The van der Waals surface area contributed by atoms with Crippen molar-refractivity contribution in [3.8, 4) is 0 Å². The fourth-order valence-electron chi connectivity index (χ4n) is 2.74. The molecule has 0 spiro atoms. The average Bonchev–Trinajstić information content (AvgIpc) is 2.35. The van der Waals surface area contributed by atoms with Crippen molar-refractivity contribution in [1.82, 2.24) is 5.32 Å². The molecule has 1 heterocycles. The first-order valence-electron chi connectivity index (χ1n) is 7.12. The van der Waals surface area contributed by atoms with E-state index in [1.807, 2.05) is 0 Å². The fraction of sp³-hybridized carbons (Fsp3) is 0.625. The monoisotopic (exact) mass is 247 g/mol. The highest BCUT2D eigenvalue weighted by Gasteiger charge is 2.11. The molecule has 100 valence electrons. The van der Waals surface area contributed by atoms with E-state index in [0.717, 1.165) is 19.6 Å². The van der Waals surface area contributed by atoms with E-state index in [-0.39, 0.29) is 0 Å². The lowest BCUT2D eigenvalue weighted by atomic mass is 10.0. The van der Waals surface area contributed by atoms with E-state index in [1.54, 1.807) is 0 Å². The van der Waals surface area contributed by atoms with E-state index < -0.39 is 0 Å². The van der Waals surface area contributed by atoms with Gasteiger partial charge in [-0.25, -0.2) is 0 Å². The maximum Gasteiger partial charge on any atom is 0.0717 e. The van der Waals surface area contributed by atoms with E-state index in [9.17, 15) is 0 Å². The molecule has 1 aromatic rings. The maximum atomic E-state index is 5.79. The molecular weight excluding hydrogens is 222 g/mol. The minimum absolute atomic E-state index is 0.679. The summed E-state index contributed by atoms with van der Waals surface area (Å²) in [6.45, 7) is 7.08. The fourth-order valence-corrected chi connectivity index (χ4v) is 2.74. The quantitative estimate of drug-likeness (QED) is 0.806. The Labute approximate surface area is 111 Å². The Morgan fingerprint density at radius 3 is 2.61 bits per heavy atom. The van der Waals surface area contributed by atoms with E-state index in [0.29, 0.717) is 6.04 Å². The molecule has 1 saturated heterocycles. The lowest BCUT2D eigenvalue weighted by molar-refractivity contribution is 0.108. The number of hydrogen-bond donors (Lipinski definition) is 1. The third kappa shape index (κ3) is 4.43. The summed E-state index contributed by atoms with van der Waals surface area (Å²) in [7, 11) is 0. The summed E-state index contributed by atoms with van der Waals surface area (Å²) in [5, 5.41) is 3.56. The van der Waals surface area contributed by atoms with Crippen LogP contribution in [0.1, 0.15) is 42.4 Å². The zero-order valence-corrected chi connectivity index (χ0v) is 11.7. The first-order valence-corrected chi connectivity index (χ1v) is 7.12. The summed E-state index contributed by atoms with van der Waals surface area (Å²) in [5.74, 6) is 0. The minimum Gasteiger partial charge on any atom is -0.377 e. The van der Waals surface area contributed by atoms with E-state index in [1.165, 1.54) is 42.5 Å². The molecule has 2 heteroatoms. The van der Waals surface area contributed by atoms with Gasteiger partial charge < -0.3 is 10.1 Å². The summed E-state index contributed by atoms with van der Waals surface area (Å²) in [6, 6.07) is 7.31. The molecule has 1 aliphatic heterocycles. The SMILES string of the molecule is Cc1cc(C)cc(COCCC2CCCCN2)c1. The third-order valence-corrected chi connectivity index (χ3v) is 3.57. The number of piperidine rings is 1. The van der Waals surface area contributed by atoms with Gasteiger partial charge in [-0.1, -0.05) is 35.7 Å². The van der Waals surface area contributed by atoms with Gasteiger partial charge in [0.25, 0.3) is 0 Å². The van der Waals surface area contributed by atoms with Crippen LogP contribution in [0.25, 0.3) is 0 Å². The molecule has 1 atom stereocenters. The van der Waals surface area contributed by atoms with Crippen LogP contribution in [0.5, 0.6) is 0 Å². The van der Waals surface area contributed by atoms with E-state index in [2.05, 4.69) is 37.4 Å². The lowest BCUT2D eigenvalue weighted by Gasteiger charge is -2.23. The zero-order chi connectivity index (χ0) is 12.8. The number of aryl methyl sites for hydroxylation is 2. The molecule has 0 aromatic heterocycles. The number of benzene rings is 1. The van der Waals surface area contributed by atoms with Crippen molar-refractivity contribution in [2.75, 3.05) is 13.2 Å². The van der Waals surface area contributed by atoms with Crippen LogP contribution < -0.4 is 5.32 Å². The van der Waals surface area contributed by atoms with Gasteiger partial charge in [-0.15, -0.1) is 0 Å². The Morgan fingerprint density at radius 2 is 1.94 bits per heavy atom. The highest BCUT2D eigenvalue weighted by Crippen LogP contribution is 2.12. The molecule has 2 nitrogen and oxygen atoms in total. The normalized spacial score (nSPS) is 20.0. The van der Waals surface area contributed by atoms with Crippen LogP contribution in [0.15, 0.2) is 18.2 Å². The van der Waals surface area contributed by atoms with Crippen LogP contribution in [-0.2, 0) is 11.3 Å². The van der Waals surface area contributed by atoms with Gasteiger partial charge in [-0.05, 0) is 45.2 Å². The van der Waals surface area contributed by atoms with Gasteiger partial charge >= 0.3 is 0 Å². The van der Waals surface area contributed by atoms with Gasteiger partial charge in [0.15, 0.2) is 0 Å². The molecule has 0 saturated carbocycles. The molecule has 1 fully saturated rings. The molecule has 1 unspecified atom stereocenters. The second-order valence-corrected chi connectivity index (χ2v) is 5.48. The van der Waals surface area contributed by atoms with Gasteiger partial charge in [-0.2, -0.15) is 0 Å². The molecule has 2 rings (SSSR count). The van der Waals surface area contributed by atoms with Crippen LogP contribution >= 0.6 is 0 Å². The third-order valence-electron chi connectivity index (χ3n) is 3.57. The van der Waals surface area contributed by atoms with Gasteiger partial charge in [0.2, 0.25) is 0 Å². The zero-order valence-electron chi connectivity index (χ0n) is 11.7. The molecule has 0 amide bonds. The highest BCUT2D eigenvalue weighted by atomic mass is 16.5. The molecule has 0 radical (unpaired) electrons. The summed E-state index contributed by atoms with van der Waals surface area (Å²) >= 11 is 0. The number of nitrogens with one attached hydrogen (secondary N) is 1. The van der Waals surface area contributed by atoms with Crippen molar-refractivity contribution >= 4 is 0 Å². The molecule has 18 heavy (non-hydrogen) atoms. The van der Waals surface area contributed by atoms with Gasteiger partial charge in [-0.3, -0.25) is 0 Å². The van der Waals surface area contributed by atoms with Gasteiger partial charge in [0, 0.05) is 12.6 Å². The van der Waals surface area contributed by atoms with Crippen molar-refractivity contribution < 1.29 is 4.74 Å². The molecular formula is C16H25NO. The largest absolute Gasteiger partial charge is 0.377 e. The van der Waals surface area contributed by atoms with Crippen LogP contribution in [0, 0.1) is 13.8 Å². The van der Waals surface area contributed by atoms with E-state index >= 15 is 0 Å². The second-order valence-electron chi connectivity index (χ2n) is 5.48. The molecule has 1 N–H and O–H groups in total. The van der Waals surface area contributed by atoms with Gasteiger partial charge in [0.1, 0.15) is 0 Å². The molecule has 0 bridgehead atoms. The standard InChI is InChI=1S/C16H25NO/c1-13-9-14(2)11-15(10-13)12-18-8-6-16-5-3-4-7-17-16/h9-11,16-17H,3-8,12H2,1-2H3. The molecule has 0 aliphatic carbocycles. The number of rotatable bonds is 5. The Morgan fingerprint density at radius 1 is 1.17 bits per heavy atom. The van der Waals surface area contributed by atoms with Crippen LogP contribution in [0.3, 0.4) is 0 Å². The summed E-state index contributed by atoms with van der Waals surface area (Å²) < 4.78 is 5.79. The molecule has 1 aliphatic rings. The van der Waals surface area contributed by atoms with Crippen LogP contribution in [0.4, 0.5) is 0 Å². The van der Waals surface area contributed by atoms with Gasteiger partial charge in [0.05, 0.1) is 6.61 Å². The Hall–Kier alpha value is -0.860. The maximum absolute atomic E-state index is 5.79. The van der Waals surface area contributed by atoms with Crippen LogP contribution in [-0.4, -0.2) is 19.2 Å². The predicted octanol–water partition coefficient (Wildman–Crippen LogP) is 3.35. The van der Waals surface area contributed by atoms with Crippen molar-refractivity contribution in [3.63, 3.8) is 0 Å². The Kier molecular flexibility index (Phi) is 5.21. The highest BCUT2D eigenvalue weighted by molar-refractivity contribution is 5.27. The molecule has 1 aromatic carbocycles. The van der Waals surface area contributed by atoms with Crippen molar-refractivity contribution in [3.05, 3.63) is 34.9 Å². The summed E-state index contributed by atoms with van der Waals surface area (Å²) in [4.78, 5) is 0. The van der Waals surface area contributed by atoms with Crippen molar-refractivity contribution in [2.45, 2.75) is 52.2 Å². The van der Waals surface area contributed by atoms with Crippen molar-refractivity contribution in [1.29, 1.82) is 0 Å². The Bertz CT molecular complexity index is 349. The smallest absolute Gasteiger partial charge is 0.0717 e. The second kappa shape index (κ2) is 6.91. The summed E-state index contributed by atoms with van der Waals surface area (Å²) in [5.41, 5.74) is 3.94. The minimum atomic E-state index is 0.679. The van der Waals surface area contributed by atoms with E-state index in [4.69, 9.17) is 4.74 Å². The topological polar surface area (TPSA) is 21.3 Å². The average molecular weight is 247 g/mol. The van der Waals surface area contributed by atoms with Crippen molar-refractivity contribution in [2.24, 2.45) is 0 Å². The first-order chi connectivity index (χ1) is 8.74. The lowest BCUT2D eigenvalue weighted by Crippen LogP contribution is -2.34. The van der Waals surface area contributed by atoms with Crippen LogP contribution in [0.2, 0.25) is 0 Å². The first kappa shape index (κ1) is 13.6. The number of ether oxygens (including phenoxy) is 1. The number of hydrogen-bond acceptors (Lipinski definition) is 2. The Balaban J connectivity index is 1.68.